The number of hydrogen-bond donors (Lipinski definition) is 2. The Labute approximate surface area is 138 Å². The van der Waals surface area contributed by atoms with Crippen molar-refractivity contribution >= 4 is 11.6 Å². The molecule has 1 aromatic carbocycles. The van der Waals surface area contributed by atoms with Crippen LogP contribution >= 0.6 is 0 Å². The van der Waals surface area contributed by atoms with Crippen molar-refractivity contribution in [3.8, 4) is 11.8 Å². The van der Waals surface area contributed by atoms with E-state index in [1.54, 1.807) is 0 Å². The molecule has 1 heterocycles. The lowest BCUT2D eigenvalue weighted by Gasteiger charge is -2.26. The van der Waals surface area contributed by atoms with Gasteiger partial charge in [0.2, 0.25) is 5.91 Å². The molecule has 1 aliphatic rings. The molecule has 0 atom stereocenters. The molecule has 23 heavy (non-hydrogen) atoms. The number of nitrogens with one attached hydrogen (secondary N) is 2. The predicted octanol–water partition coefficient (Wildman–Crippen LogP) is 3.10. The highest BCUT2D eigenvalue weighted by Crippen LogP contribution is 2.36. The first-order valence-electron chi connectivity index (χ1n) is 8.20. The number of piperidine rings is 1. The largest absolute Gasteiger partial charge is 0.489 e. The molecule has 1 amide bonds. The number of nitriles is 1. The van der Waals surface area contributed by atoms with Crippen molar-refractivity contribution in [2.75, 3.05) is 18.4 Å². The topological polar surface area (TPSA) is 74.2 Å². The van der Waals surface area contributed by atoms with E-state index in [-0.39, 0.29) is 18.4 Å². The summed E-state index contributed by atoms with van der Waals surface area (Å²) in [4.78, 5) is 11.8. The van der Waals surface area contributed by atoms with E-state index >= 15 is 0 Å². The summed E-state index contributed by atoms with van der Waals surface area (Å²) in [7, 11) is 0. The molecule has 0 spiro atoms. The second kappa shape index (κ2) is 7.98. The molecule has 0 aliphatic carbocycles. The summed E-state index contributed by atoms with van der Waals surface area (Å²) < 4.78 is 5.90. The van der Waals surface area contributed by atoms with Crippen molar-refractivity contribution in [1.82, 2.24) is 5.32 Å². The van der Waals surface area contributed by atoms with Gasteiger partial charge < -0.3 is 15.4 Å². The third-order valence-corrected chi connectivity index (χ3v) is 4.02. The van der Waals surface area contributed by atoms with Crippen molar-refractivity contribution in [2.45, 2.75) is 52.1 Å². The standard InChI is InChI=1S/C18H25N3O2/c1-12(2)23-17-11-15(14-5-8-20-9-6-14)13(3)10-16(17)21-18(22)4-7-19/h10-12,14,20H,4-6,8-9H2,1-3H3,(H,21,22). The van der Waals surface area contributed by atoms with Gasteiger partial charge in [0.15, 0.2) is 0 Å². The van der Waals surface area contributed by atoms with Crippen molar-refractivity contribution in [3.05, 3.63) is 23.3 Å². The maximum absolute atomic E-state index is 11.8. The number of benzene rings is 1. The van der Waals surface area contributed by atoms with Gasteiger partial charge in [0.05, 0.1) is 17.9 Å². The monoisotopic (exact) mass is 315 g/mol. The Hall–Kier alpha value is -2.06. The summed E-state index contributed by atoms with van der Waals surface area (Å²) in [6.45, 7) is 8.06. The number of nitrogens with zero attached hydrogens (tertiary/aromatic N) is 1. The number of aryl methyl sites for hydroxylation is 1. The van der Waals surface area contributed by atoms with Gasteiger partial charge >= 0.3 is 0 Å². The van der Waals surface area contributed by atoms with E-state index in [2.05, 4.69) is 23.6 Å². The number of anilines is 1. The highest BCUT2D eigenvalue weighted by molar-refractivity contribution is 5.93. The van der Waals surface area contributed by atoms with E-state index < -0.39 is 0 Å². The molecule has 5 nitrogen and oxygen atoms in total. The third kappa shape index (κ3) is 4.70. The highest BCUT2D eigenvalue weighted by atomic mass is 16.5. The van der Waals surface area contributed by atoms with E-state index in [0.717, 1.165) is 31.5 Å². The van der Waals surface area contributed by atoms with Crippen LogP contribution in [0, 0.1) is 18.3 Å². The second-order valence-electron chi connectivity index (χ2n) is 6.28. The first kappa shape index (κ1) is 17.3. The third-order valence-electron chi connectivity index (χ3n) is 4.02. The molecular formula is C18H25N3O2. The van der Waals surface area contributed by atoms with Gasteiger partial charge in [0.1, 0.15) is 12.2 Å². The van der Waals surface area contributed by atoms with Crippen molar-refractivity contribution in [2.24, 2.45) is 0 Å². The lowest BCUT2D eigenvalue weighted by atomic mass is 9.87. The van der Waals surface area contributed by atoms with Crippen molar-refractivity contribution < 1.29 is 9.53 Å². The fraction of sp³-hybridized carbons (Fsp3) is 0.556. The second-order valence-corrected chi connectivity index (χ2v) is 6.28. The zero-order chi connectivity index (χ0) is 16.8. The number of hydrogen-bond acceptors (Lipinski definition) is 4. The maximum Gasteiger partial charge on any atom is 0.238 e. The van der Waals surface area contributed by atoms with Gasteiger partial charge in [0, 0.05) is 0 Å². The van der Waals surface area contributed by atoms with Crippen LogP contribution in [0.3, 0.4) is 0 Å². The Morgan fingerprint density at radius 2 is 2.13 bits per heavy atom. The van der Waals surface area contributed by atoms with E-state index in [1.165, 1.54) is 5.56 Å². The molecule has 0 radical (unpaired) electrons. The van der Waals surface area contributed by atoms with E-state index in [0.29, 0.717) is 17.4 Å². The molecular weight excluding hydrogens is 290 g/mol. The maximum atomic E-state index is 11.8. The highest BCUT2D eigenvalue weighted by Gasteiger charge is 2.20. The summed E-state index contributed by atoms with van der Waals surface area (Å²) in [6.07, 6.45) is 2.09. The minimum Gasteiger partial charge on any atom is -0.489 e. The first-order chi connectivity index (χ1) is 11.0. The van der Waals surface area contributed by atoms with Crippen LogP contribution < -0.4 is 15.4 Å². The van der Waals surface area contributed by atoms with Crippen LogP contribution in [0.2, 0.25) is 0 Å². The fourth-order valence-corrected chi connectivity index (χ4v) is 2.99. The summed E-state index contributed by atoms with van der Waals surface area (Å²) in [5.74, 6) is 0.898. The summed E-state index contributed by atoms with van der Waals surface area (Å²) in [5.41, 5.74) is 3.09. The van der Waals surface area contributed by atoms with Crippen LogP contribution in [-0.2, 0) is 4.79 Å². The molecule has 1 aromatic rings. The van der Waals surface area contributed by atoms with Gasteiger partial charge in [-0.3, -0.25) is 4.79 Å². The van der Waals surface area contributed by atoms with Gasteiger partial charge in [-0.05, 0) is 75.9 Å². The molecule has 2 N–H and O–H groups in total. The molecule has 1 fully saturated rings. The molecule has 2 rings (SSSR count). The van der Waals surface area contributed by atoms with Crippen LogP contribution in [-0.4, -0.2) is 25.1 Å². The summed E-state index contributed by atoms with van der Waals surface area (Å²) >= 11 is 0. The van der Waals surface area contributed by atoms with Gasteiger partial charge in [0.25, 0.3) is 0 Å². The van der Waals surface area contributed by atoms with Gasteiger partial charge in [-0.25, -0.2) is 0 Å². The van der Waals surface area contributed by atoms with E-state index in [1.807, 2.05) is 26.0 Å². The number of rotatable bonds is 5. The van der Waals surface area contributed by atoms with Crippen LogP contribution in [0.25, 0.3) is 0 Å². The normalized spacial score (nSPS) is 15.3. The zero-order valence-electron chi connectivity index (χ0n) is 14.1. The minimum absolute atomic E-state index is 0.0187. The van der Waals surface area contributed by atoms with E-state index in [4.69, 9.17) is 10.00 Å². The molecule has 1 saturated heterocycles. The summed E-state index contributed by atoms with van der Waals surface area (Å²) in [5, 5.41) is 14.8. The smallest absolute Gasteiger partial charge is 0.238 e. The molecule has 124 valence electrons. The Morgan fingerprint density at radius 1 is 1.43 bits per heavy atom. The van der Waals surface area contributed by atoms with Gasteiger partial charge in [-0.1, -0.05) is 0 Å². The van der Waals surface area contributed by atoms with Gasteiger partial charge in [-0.15, -0.1) is 0 Å². The Morgan fingerprint density at radius 3 is 2.74 bits per heavy atom. The average molecular weight is 315 g/mol. The van der Waals surface area contributed by atoms with Crippen LogP contribution in [0.5, 0.6) is 5.75 Å². The molecule has 0 unspecified atom stereocenters. The van der Waals surface area contributed by atoms with Crippen LogP contribution in [0.15, 0.2) is 12.1 Å². The quantitative estimate of drug-likeness (QED) is 0.875. The Balaban J connectivity index is 2.32. The molecule has 0 aromatic heterocycles. The van der Waals surface area contributed by atoms with Crippen LogP contribution in [0.4, 0.5) is 5.69 Å². The minimum atomic E-state index is -0.310. The van der Waals surface area contributed by atoms with Crippen LogP contribution in [0.1, 0.15) is 50.2 Å². The number of amides is 1. The number of carbonyl (C=O) groups is 1. The van der Waals surface area contributed by atoms with Crippen molar-refractivity contribution in [1.29, 1.82) is 5.26 Å². The summed E-state index contributed by atoms with van der Waals surface area (Å²) in [6, 6.07) is 5.89. The number of ether oxygens (including phenoxy) is 1. The average Bonchev–Trinajstić information content (AvgIpc) is 2.50. The predicted molar refractivity (Wildman–Crippen MR) is 90.6 cm³/mol. The Kier molecular flexibility index (Phi) is 6.00. The van der Waals surface area contributed by atoms with Crippen molar-refractivity contribution in [3.63, 3.8) is 0 Å². The molecule has 1 aliphatic heterocycles. The molecule has 0 saturated carbocycles. The molecule has 5 heteroatoms. The first-order valence-corrected chi connectivity index (χ1v) is 8.20. The zero-order valence-corrected chi connectivity index (χ0v) is 14.1. The van der Waals surface area contributed by atoms with E-state index in [9.17, 15) is 4.79 Å². The lowest BCUT2D eigenvalue weighted by Crippen LogP contribution is -2.27. The number of carbonyl (C=O) groups excluding carboxylic acids is 1. The van der Waals surface area contributed by atoms with Gasteiger partial charge in [-0.2, -0.15) is 5.26 Å². The SMILES string of the molecule is Cc1cc(NC(=O)CC#N)c(OC(C)C)cc1C1CCNCC1. The Bertz CT molecular complexity index is 599. The fourth-order valence-electron chi connectivity index (χ4n) is 2.99. The lowest BCUT2D eigenvalue weighted by molar-refractivity contribution is -0.115. The molecule has 0 bridgehead atoms.